The zero-order valence-corrected chi connectivity index (χ0v) is 18.7. The number of carbonyl (C=O) groups is 1. The van der Waals surface area contributed by atoms with Crippen LogP contribution >= 0.6 is 22.9 Å². The van der Waals surface area contributed by atoms with E-state index in [0.717, 1.165) is 47.2 Å². The maximum Gasteiger partial charge on any atom is 0.231 e. The molecule has 6 rings (SSSR count). The lowest BCUT2D eigenvalue weighted by Crippen LogP contribution is -2.08. The van der Waals surface area contributed by atoms with E-state index >= 15 is 0 Å². The van der Waals surface area contributed by atoms with Gasteiger partial charge in [-0.05, 0) is 67.1 Å². The van der Waals surface area contributed by atoms with Crippen molar-refractivity contribution in [3.63, 3.8) is 0 Å². The lowest BCUT2D eigenvalue weighted by atomic mass is 9.87. The number of benzene rings is 2. The number of anilines is 1. The van der Waals surface area contributed by atoms with Gasteiger partial charge in [-0.25, -0.2) is 4.98 Å². The van der Waals surface area contributed by atoms with E-state index in [-0.39, 0.29) is 12.6 Å². The summed E-state index contributed by atoms with van der Waals surface area (Å²) in [6.07, 6.45) is 4.12. The van der Waals surface area contributed by atoms with E-state index in [2.05, 4.69) is 0 Å². The van der Waals surface area contributed by atoms with Crippen molar-refractivity contribution in [3.05, 3.63) is 69.1 Å². The van der Waals surface area contributed by atoms with Crippen LogP contribution in [0.2, 0.25) is 5.02 Å². The number of thiophene rings is 1. The second-order valence-electron chi connectivity index (χ2n) is 8.05. The summed E-state index contributed by atoms with van der Waals surface area (Å²) < 4.78 is 10.8. The van der Waals surface area contributed by atoms with Crippen LogP contribution in [0.4, 0.5) is 5.69 Å². The highest BCUT2D eigenvalue weighted by Crippen LogP contribution is 2.43. The van der Waals surface area contributed by atoms with Gasteiger partial charge in [0, 0.05) is 21.5 Å². The first-order valence-corrected chi connectivity index (χ1v) is 11.7. The lowest BCUT2D eigenvalue weighted by Gasteiger charge is -2.20. The summed E-state index contributed by atoms with van der Waals surface area (Å²) >= 11 is 7.46. The third kappa shape index (κ3) is 3.05. The minimum atomic E-state index is -0.124. The van der Waals surface area contributed by atoms with Crippen molar-refractivity contribution in [2.45, 2.75) is 25.7 Å². The van der Waals surface area contributed by atoms with Gasteiger partial charge in [0.05, 0.1) is 11.4 Å². The van der Waals surface area contributed by atoms with E-state index in [1.165, 1.54) is 22.5 Å². The van der Waals surface area contributed by atoms with Crippen LogP contribution in [0.25, 0.3) is 21.5 Å². The van der Waals surface area contributed by atoms with Gasteiger partial charge in [0.2, 0.25) is 12.6 Å². The fourth-order valence-corrected chi connectivity index (χ4v) is 5.81. The van der Waals surface area contributed by atoms with E-state index in [1.807, 2.05) is 24.3 Å². The number of hydrogen-bond donors (Lipinski definition) is 1. The molecule has 0 saturated heterocycles. The average Bonchev–Trinajstić information content (AvgIpc) is 3.42. The van der Waals surface area contributed by atoms with Crippen LogP contribution in [0, 0.1) is 0 Å². The molecule has 160 valence electrons. The zero-order chi connectivity index (χ0) is 21.8. The summed E-state index contributed by atoms with van der Waals surface area (Å²) in [5.74, 6) is 1.10. The second kappa shape index (κ2) is 7.50. The van der Waals surface area contributed by atoms with Crippen molar-refractivity contribution in [2.24, 2.45) is 0 Å². The molecule has 0 unspecified atom stereocenters. The van der Waals surface area contributed by atoms with E-state index in [1.54, 1.807) is 18.2 Å². The molecular formula is C25H19ClN2O3S. The molecule has 2 aliphatic rings. The summed E-state index contributed by atoms with van der Waals surface area (Å²) in [6, 6.07) is 13.0. The molecule has 2 N–H and O–H groups in total. The number of fused-ring (bicyclic) bond motifs is 4. The van der Waals surface area contributed by atoms with E-state index in [0.29, 0.717) is 32.6 Å². The van der Waals surface area contributed by atoms with Crippen LogP contribution in [-0.4, -0.2) is 17.6 Å². The fourth-order valence-electron chi connectivity index (χ4n) is 4.60. The standard InChI is InChI=1S/C25H19ClN2O3S/c26-15-8-5-13(6-9-15)22-17-4-2-1-3-16(17)20-21(27)24(32-25(20)28-22)23(29)14-7-10-18-19(11-14)31-12-30-18/h5-11H,1-4,12,27H2. The Hall–Kier alpha value is -3.09. The van der Waals surface area contributed by atoms with E-state index < -0.39 is 0 Å². The van der Waals surface area contributed by atoms with E-state index in [4.69, 9.17) is 31.8 Å². The van der Waals surface area contributed by atoms with Crippen molar-refractivity contribution >= 4 is 44.6 Å². The van der Waals surface area contributed by atoms with Crippen molar-refractivity contribution in [1.29, 1.82) is 0 Å². The van der Waals surface area contributed by atoms with Gasteiger partial charge in [-0.2, -0.15) is 0 Å². The molecule has 32 heavy (non-hydrogen) atoms. The Labute approximate surface area is 193 Å². The number of nitrogens with two attached hydrogens (primary N) is 1. The number of aryl methyl sites for hydroxylation is 1. The quantitative estimate of drug-likeness (QED) is 0.376. The molecule has 0 fully saturated rings. The zero-order valence-electron chi connectivity index (χ0n) is 17.1. The summed E-state index contributed by atoms with van der Waals surface area (Å²) in [7, 11) is 0. The highest BCUT2D eigenvalue weighted by molar-refractivity contribution is 7.21. The first kappa shape index (κ1) is 19.6. The molecule has 0 amide bonds. The van der Waals surface area contributed by atoms with Crippen molar-refractivity contribution < 1.29 is 14.3 Å². The van der Waals surface area contributed by atoms with Crippen LogP contribution in [-0.2, 0) is 12.8 Å². The molecule has 0 bridgehead atoms. The lowest BCUT2D eigenvalue weighted by molar-refractivity contribution is 0.104. The summed E-state index contributed by atoms with van der Waals surface area (Å²) in [5.41, 5.74) is 12.1. The van der Waals surface area contributed by atoms with Crippen molar-refractivity contribution in [3.8, 4) is 22.8 Å². The number of halogens is 1. The Kier molecular flexibility index (Phi) is 4.59. The van der Waals surface area contributed by atoms with Crippen LogP contribution < -0.4 is 15.2 Å². The number of aromatic nitrogens is 1. The Bertz CT molecular complexity index is 1400. The molecule has 4 aromatic rings. The monoisotopic (exact) mass is 462 g/mol. The molecule has 0 saturated carbocycles. The number of pyridine rings is 1. The van der Waals surface area contributed by atoms with Gasteiger partial charge in [-0.15, -0.1) is 11.3 Å². The number of carbonyl (C=O) groups excluding carboxylic acids is 1. The minimum Gasteiger partial charge on any atom is -0.454 e. The molecule has 7 heteroatoms. The molecule has 1 aliphatic heterocycles. The minimum absolute atomic E-state index is 0.124. The topological polar surface area (TPSA) is 74.4 Å². The predicted molar refractivity (Wildman–Crippen MR) is 127 cm³/mol. The van der Waals surface area contributed by atoms with Gasteiger partial charge < -0.3 is 15.2 Å². The highest BCUT2D eigenvalue weighted by atomic mass is 35.5. The van der Waals surface area contributed by atoms with Crippen molar-refractivity contribution in [2.75, 3.05) is 12.5 Å². The third-order valence-corrected chi connectivity index (χ3v) is 7.50. The van der Waals surface area contributed by atoms with Gasteiger partial charge in [0.15, 0.2) is 11.5 Å². The number of nitrogen functional groups attached to an aromatic ring is 1. The SMILES string of the molecule is Nc1c(C(=O)c2ccc3c(c2)OCO3)sc2nc(-c3ccc(Cl)cc3)c3c(c12)CCCC3. The molecule has 0 spiro atoms. The fraction of sp³-hybridized carbons (Fsp3) is 0.200. The van der Waals surface area contributed by atoms with E-state index in [9.17, 15) is 4.79 Å². The van der Waals surface area contributed by atoms with Gasteiger partial charge in [0.25, 0.3) is 0 Å². The smallest absolute Gasteiger partial charge is 0.231 e. The second-order valence-corrected chi connectivity index (χ2v) is 9.49. The Balaban J connectivity index is 1.52. The molecule has 5 nitrogen and oxygen atoms in total. The average molecular weight is 463 g/mol. The van der Waals surface area contributed by atoms with Crippen LogP contribution in [0.3, 0.4) is 0 Å². The third-order valence-electron chi connectivity index (χ3n) is 6.15. The Morgan fingerprint density at radius 1 is 1.00 bits per heavy atom. The highest BCUT2D eigenvalue weighted by Gasteiger charge is 2.27. The number of nitrogens with zero attached hydrogens (tertiary/aromatic N) is 1. The largest absolute Gasteiger partial charge is 0.454 e. The Morgan fingerprint density at radius 3 is 2.56 bits per heavy atom. The normalized spacial score (nSPS) is 14.5. The summed E-state index contributed by atoms with van der Waals surface area (Å²) in [5, 5.41) is 1.63. The number of hydrogen-bond acceptors (Lipinski definition) is 6. The molecular weight excluding hydrogens is 444 g/mol. The summed E-state index contributed by atoms with van der Waals surface area (Å²) in [4.78, 5) is 19.7. The Morgan fingerprint density at radius 2 is 1.75 bits per heavy atom. The molecule has 1 aliphatic carbocycles. The number of ketones is 1. The van der Waals surface area contributed by atoms with Crippen molar-refractivity contribution in [1.82, 2.24) is 4.98 Å². The summed E-state index contributed by atoms with van der Waals surface area (Å²) in [6.45, 7) is 0.168. The predicted octanol–water partition coefficient (Wildman–Crippen LogP) is 6.04. The van der Waals surface area contributed by atoms with Crippen LogP contribution in [0.5, 0.6) is 11.5 Å². The van der Waals surface area contributed by atoms with Gasteiger partial charge in [-0.1, -0.05) is 23.7 Å². The molecule has 0 atom stereocenters. The molecule has 2 aromatic carbocycles. The molecule has 0 radical (unpaired) electrons. The number of rotatable bonds is 3. The van der Waals surface area contributed by atoms with Gasteiger partial charge in [-0.3, -0.25) is 4.79 Å². The first-order chi connectivity index (χ1) is 15.6. The first-order valence-electron chi connectivity index (χ1n) is 10.5. The number of ether oxygens (including phenoxy) is 2. The van der Waals surface area contributed by atoms with Crippen LogP contribution in [0.1, 0.15) is 39.2 Å². The maximum absolute atomic E-state index is 13.4. The molecule has 2 aromatic heterocycles. The van der Waals surface area contributed by atoms with Crippen LogP contribution in [0.15, 0.2) is 42.5 Å². The maximum atomic E-state index is 13.4. The van der Waals surface area contributed by atoms with Gasteiger partial charge in [0.1, 0.15) is 9.71 Å². The van der Waals surface area contributed by atoms with Gasteiger partial charge >= 0.3 is 0 Å². The molecule has 3 heterocycles.